The van der Waals surface area contributed by atoms with Gasteiger partial charge in [-0.2, -0.15) is 0 Å². The van der Waals surface area contributed by atoms with Crippen LogP contribution in [0.25, 0.3) is 0 Å². The molecule has 2 N–H and O–H groups in total. The maximum absolute atomic E-state index is 6.01. The fraction of sp³-hybridized carbons (Fsp3) is 0.500. The topological polar surface area (TPSA) is 43.8 Å². The van der Waals surface area contributed by atoms with E-state index in [1.165, 1.54) is 44.1 Å². The molecule has 4 heteroatoms. The molecule has 2 aromatic rings. The molecule has 0 aliphatic heterocycles. The Morgan fingerprint density at radius 3 is 2.41 bits per heavy atom. The van der Waals surface area contributed by atoms with Crippen LogP contribution < -0.4 is 5.73 Å². The molecule has 1 aromatic heterocycles. The van der Waals surface area contributed by atoms with Crippen molar-refractivity contribution in [1.29, 1.82) is 0 Å². The molecule has 3 nitrogen and oxygen atoms in total. The highest BCUT2D eigenvalue weighted by molar-refractivity contribution is 5.85. The number of nitrogens with zero attached hydrogens (tertiary/aromatic N) is 2. The number of unbranched alkanes of at least 4 members (excludes halogenated alkanes) is 5. The number of halogens is 1. The highest BCUT2D eigenvalue weighted by Crippen LogP contribution is 2.13. The summed E-state index contributed by atoms with van der Waals surface area (Å²) in [5.74, 6) is 0.648. The third-order valence-electron chi connectivity index (χ3n) is 3.84. The average molecular weight is 322 g/mol. The lowest BCUT2D eigenvalue weighted by atomic mass is 10.1. The van der Waals surface area contributed by atoms with Crippen molar-refractivity contribution in [3.63, 3.8) is 0 Å². The summed E-state index contributed by atoms with van der Waals surface area (Å²) >= 11 is 0. The fourth-order valence-corrected chi connectivity index (χ4v) is 2.62. The van der Waals surface area contributed by atoms with E-state index in [0.29, 0.717) is 5.95 Å². The van der Waals surface area contributed by atoms with E-state index < -0.39 is 0 Å². The molecular weight excluding hydrogens is 294 g/mol. The lowest BCUT2D eigenvalue weighted by molar-refractivity contribution is 0.561. The van der Waals surface area contributed by atoms with Gasteiger partial charge in [0.1, 0.15) is 0 Å². The fourth-order valence-electron chi connectivity index (χ4n) is 2.62. The zero-order chi connectivity index (χ0) is 14.9. The summed E-state index contributed by atoms with van der Waals surface area (Å²) in [6.07, 6.45) is 10.8. The van der Waals surface area contributed by atoms with Crippen molar-refractivity contribution in [2.45, 2.75) is 58.4 Å². The van der Waals surface area contributed by atoms with Crippen LogP contribution in [-0.4, -0.2) is 9.55 Å². The molecular formula is C18H28ClN3. The van der Waals surface area contributed by atoms with Crippen LogP contribution in [-0.2, 0) is 13.0 Å². The van der Waals surface area contributed by atoms with Gasteiger partial charge in [-0.25, -0.2) is 4.98 Å². The Balaban J connectivity index is 0.00000242. The van der Waals surface area contributed by atoms with Gasteiger partial charge in [0.2, 0.25) is 0 Å². The number of nitrogen functional groups attached to an aromatic ring is 1. The number of nitrogens with two attached hydrogens (primary N) is 1. The third kappa shape index (κ3) is 6.10. The zero-order valence-electron chi connectivity index (χ0n) is 13.5. The second kappa shape index (κ2) is 10.3. The maximum Gasteiger partial charge on any atom is 0.200 e. The number of aryl methyl sites for hydroxylation is 1. The number of hydrogen-bond donors (Lipinski definition) is 1. The van der Waals surface area contributed by atoms with Crippen molar-refractivity contribution in [3.05, 3.63) is 47.8 Å². The van der Waals surface area contributed by atoms with Gasteiger partial charge in [0.25, 0.3) is 0 Å². The summed E-state index contributed by atoms with van der Waals surface area (Å²) < 4.78 is 2.10. The number of anilines is 1. The Morgan fingerprint density at radius 1 is 1.00 bits per heavy atom. The number of imidazole rings is 1. The first-order chi connectivity index (χ1) is 10.3. The van der Waals surface area contributed by atoms with Crippen molar-refractivity contribution in [3.8, 4) is 0 Å². The highest BCUT2D eigenvalue weighted by Gasteiger charge is 2.05. The quantitative estimate of drug-likeness (QED) is 0.672. The van der Waals surface area contributed by atoms with Gasteiger partial charge in [0, 0.05) is 19.2 Å². The minimum Gasteiger partial charge on any atom is -0.369 e. The van der Waals surface area contributed by atoms with E-state index in [1.54, 1.807) is 0 Å². The Labute approximate surface area is 140 Å². The molecule has 0 bridgehead atoms. The van der Waals surface area contributed by atoms with Crippen molar-refractivity contribution < 1.29 is 0 Å². The molecule has 0 saturated carbocycles. The normalized spacial score (nSPS) is 10.4. The maximum atomic E-state index is 6.01. The van der Waals surface area contributed by atoms with Gasteiger partial charge in [-0.3, -0.25) is 0 Å². The molecule has 122 valence electrons. The van der Waals surface area contributed by atoms with Gasteiger partial charge in [-0.15, -0.1) is 12.4 Å². The first kappa shape index (κ1) is 18.6. The molecule has 0 aliphatic rings. The van der Waals surface area contributed by atoms with Gasteiger partial charge in [-0.1, -0.05) is 69.4 Å². The van der Waals surface area contributed by atoms with Crippen LogP contribution in [0, 0.1) is 0 Å². The SMILES string of the molecule is CCCCCCCCn1cc(Cc2ccccc2)nc1N.Cl. The molecule has 22 heavy (non-hydrogen) atoms. The number of rotatable bonds is 9. The van der Waals surface area contributed by atoms with Crippen LogP contribution in [0.2, 0.25) is 0 Å². The summed E-state index contributed by atoms with van der Waals surface area (Å²) in [5.41, 5.74) is 8.35. The largest absolute Gasteiger partial charge is 0.369 e. The van der Waals surface area contributed by atoms with Crippen LogP contribution in [0.15, 0.2) is 36.5 Å². The van der Waals surface area contributed by atoms with Crippen LogP contribution in [0.4, 0.5) is 5.95 Å². The van der Waals surface area contributed by atoms with E-state index in [-0.39, 0.29) is 12.4 Å². The summed E-state index contributed by atoms with van der Waals surface area (Å²) in [6.45, 7) is 3.24. The molecule has 1 heterocycles. The number of hydrogen-bond acceptors (Lipinski definition) is 2. The average Bonchev–Trinajstić information content (AvgIpc) is 2.84. The van der Waals surface area contributed by atoms with Gasteiger partial charge in [0.05, 0.1) is 5.69 Å². The highest BCUT2D eigenvalue weighted by atomic mass is 35.5. The van der Waals surface area contributed by atoms with Crippen LogP contribution in [0.3, 0.4) is 0 Å². The van der Waals surface area contributed by atoms with Crippen LogP contribution >= 0.6 is 12.4 Å². The molecule has 0 unspecified atom stereocenters. The summed E-state index contributed by atoms with van der Waals surface area (Å²) in [5, 5.41) is 0. The van der Waals surface area contributed by atoms with E-state index in [0.717, 1.165) is 18.7 Å². The van der Waals surface area contributed by atoms with Crippen molar-refractivity contribution in [1.82, 2.24) is 9.55 Å². The first-order valence-corrected chi connectivity index (χ1v) is 8.15. The molecule has 0 spiro atoms. The Bertz CT molecular complexity index is 522. The monoisotopic (exact) mass is 321 g/mol. The summed E-state index contributed by atoms with van der Waals surface area (Å²) in [4.78, 5) is 4.47. The Kier molecular flexibility index (Phi) is 8.68. The standard InChI is InChI=1S/C18H27N3.ClH/c1-2-3-4-5-6-10-13-21-15-17(20-18(21)19)14-16-11-8-7-9-12-16;/h7-9,11-12,15H,2-6,10,13-14H2,1H3,(H2,19,20);1H. The smallest absolute Gasteiger partial charge is 0.200 e. The molecule has 0 atom stereocenters. The molecule has 0 amide bonds. The van der Waals surface area contributed by atoms with Gasteiger partial charge >= 0.3 is 0 Å². The first-order valence-electron chi connectivity index (χ1n) is 8.15. The van der Waals surface area contributed by atoms with Crippen LogP contribution in [0.1, 0.15) is 56.7 Å². The van der Waals surface area contributed by atoms with Gasteiger partial charge < -0.3 is 10.3 Å². The Morgan fingerprint density at radius 2 is 1.68 bits per heavy atom. The second-order valence-corrected chi connectivity index (χ2v) is 5.71. The van der Waals surface area contributed by atoms with E-state index in [9.17, 15) is 0 Å². The van der Waals surface area contributed by atoms with E-state index in [1.807, 2.05) is 6.07 Å². The predicted octanol–water partition coefficient (Wildman–Crippen LogP) is 4.84. The minimum absolute atomic E-state index is 0. The van der Waals surface area contributed by atoms with E-state index >= 15 is 0 Å². The molecule has 0 fully saturated rings. The molecule has 2 rings (SSSR count). The third-order valence-corrected chi connectivity index (χ3v) is 3.84. The van der Waals surface area contributed by atoms with Crippen molar-refractivity contribution in [2.24, 2.45) is 0 Å². The zero-order valence-corrected chi connectivity index (χ0v) is 14.3. The molecule has 0 radical (unpaired) electrons. The molecule has 0 saturated heterocycles. The Hall–Kier alpha value is -1.48. The molecule has 1 aromatic carbocycles. The lowest BCUT2D eigenvalue weighted by Crippen LogP contribution is -2.02. The van der Waals surface area contributed by atoms with Crippen molar-refractivity contribution >= 4 is 18.4 Å². The predicted molar refractivity (Wildman–Crippen MR) is 96.5 cm³/mol. The van der Waals surface area contributed by atoms with E-state index in [4.69, 9.17) is 5.73 Å². The van der Waals surface area contributed by atoms with E-state index in [2.05, 4.69) is 46.9 Å². The van der Waals surface area contributed by atoms with Gasteiger partial charge in [-0.05, 0) is 12.0 Å². The summed E-state index contributed by atoms with van der Waals surface area (Å²) in [7, 11) is 0. The molecule has 0 aliphatic carbocycles. The second-order valence-electron chi connectivity index (χ2n) is 5.71. The number of benzene rings is 1. The van der Waals surface area contributed by atoms with Crippen LogP contribution in [0.5, 0.6) is 0 Å². The number of aromatic nitrogens is 2. The summed E-state index contributed by atoms with van der Waals surface area (Å²) in [6, 6.07) is 10.4. The minimum atomic E-state index is 0. The van der Waals surface area contributed by atoms with Gasteiger partial charge in [0.15, 0.2) is 5.95 Å². The lowest BCUT2D eigenvalue weighted by Gasteiger charge is -2.04. The van der Waals surface area contributed by atoms with Crippen molar-refractivity contribution in [2.75, 3.05) is 5.73 Å².